The Hall–Kier alpha value is -1.74. The molecule has 18 heavy (non-hydrogen) atoms. The van der Waals surface area contributed by atoms with E-state index in [0.717, 1.165) is 12.8 Å². The number of methoxy groups -OCH3 is 1. The largest absolute Gasteiger partial charge is 0.356 e. The van der Waals surface area contributed by atoms with Crippen molar-refractivity contribution in [2.75, 3.05) is 7.11 Å². The highest BCUT2D eigenvalue weighted by Crippen LogP contribution is 2.20. The van der Waals surface area contributed by atoms with Gasteiger partial charge in [0.2, 0.25) is 0 Å². The first kappa shape index (κ1) is 14.3. The molecule has 1 aliphatic heterocycles. The van der Waals surface area contributed by atoms with Crippen molar-refractivity contribution in [2.24, 2.45) is 0 Å². The summed E-state index contributed by atoms with van der Waals surface area (Å²) in [6.07, 6.45) is 13.3. The highest BCUT2D eigenvalue weighted by atomic mass is 16.7. The van der Waals surface area contributed by atoms with Crippen molar-refractivity contribution in [3.8, 4) is 23.7 Å². The standard InChI is InChI=1S/C16H18O2/c1-3-4-5-6-7-8-9-10-11-12-15-13-14-16(17-2)18-15/h3-4,9-12,15-16H,13-14H2,1-2H3. The molecule has 2 atom stereocenters. The van der Waals surface area contributed by atoms with E-state index in [4.69, 9.17) is 9.47 Å². The van der Waals surface area contributed by atoms with Crippen molar-refractivity contribution < 1.29 is 9.47 Å². The van der Waals surface area contributed by atoms with Gasteiger partial charge in [-0.25, -0.2) is 0 Å². The normalized spacial score (nSPS) is 23.2. The van der Waals surface area contributed by atoms with Gasteiger partial charge in [0.25, 0.3) is 0 Å². The van der Waals surface area contributed by atoms with E-state index in [2.05, 4.69) is 23.7 Å². The van der Waals surface area contributed by atoms with E-state index in [0.29, 0.717) is 0 Å². The molecular weight excluding hydrogens is 224 g/mol. The summed E-state index contributed by atoms with van der Waals surface area (Å²) in [5, 5.41) is 0. The second kappa shape index (κ2) is 9.31. The summed E-state index contributed by atoms with van der Waals surface area (Å²) in [4.78, 5) is 0. The molecule has 1 heterocycles. The molecule has 1 fully saturated rings. The van der Waals surface area contributed by atoms with Crippen molar-refractivity contribution in [3.63, 3.8) is 0 Å². The Labute approximate surface area is 109 Å². The van der Waals surface area contributed by atoms with Crippen LogP contribution in [-0.4, -0.2) is 19.5 Å². The van der Waals surface area contributed by atoms with Gasteiger partial charge in [-0.05, 0) is 37.3 Å². The molecule has 0 spiro atoms. The van der Waals surface area contributed by atoms with Crippen LogP contribution in [0, 0.1) is 23.7 Å². The average Bonchev–Trinajstić information content (AvgIpc) is 2.85. The van der Waals surface area contributed by atoms with Gasteiger partial charge in [-0.3, -0.25) is 0 Å². The smallest absolute Gasteiger partial charge is 0.158 e. The maximum atomic E-state index is 5.57. The third-order valence-electron chi connectivity index (χ3n) is 2.35. The predicted molar refractivity (Wildman–Crippen MR) is 73.6 cm³/mol. The minimum absolute atomic E-state index is 0.0506. The zero-order chi connectivity index (χ0) is 13.1. The highest BCUT2D eigenvalue weighted by molar-refractivity contribution is 5.34. The van der Waals surface area contributed by atoms with Gasteiger partial charge in [0, 0.05) is 13.5 Å². The summed E-state index contributed by atoms with van der Waals surface area (Å²) in [6, 6.07) is 0. The summed E-state index contributed by atoms with van der Waals surface area (Å²) in [5.41, 5.74) is 0. The molecule has 1 saturated heterocycles. The van der Waals surface area contributed by atoms with Crippen LogP contribution in [0.15, 0.2) is 36.5 Å². The van der Waals surface area contributed by atoms with Crippen LogP contribution in [0.4, 0.5) is 0 Å². The van der Waals surface area contributed by atoms with E-state index in [1.807, 2.05) is 31.2 Å². The maximum Gasteiger partial charge on any atom is 0.158 e. The van der Waals surface area contributed by atoms with E-state index >= 15 is 0 Å². The second-order valence-corrected chi connectivity index (χ2v) is 3.70. The topological polar surface area (TPSA) is 18.5 Å². The SMILES string of the molecule is CC=CC#CC#CC=CC=CC1CCC(OC)O1. The molecule has 1 aliphatic rings. The summed E-state index contributed by atoms with van der Waals surface area (Å²) < 4.78 is 10.7. The van der Waals surface area contributed by atoms with Crippen molar-refractivity contribution >= 4 is 0 Å². The first-order chi connectivity index (χ1) is 8.86. The van der Waals surface area contributed by atoms with Crippen molar-refractivity contribution in [2.45, 2.75) is 32.2 Å². The van der Waals surface area contributed by atoms with Gasteiger partial charge in [-0.2, -0.15) is 0 Å². The van der Waals surface area contributed by atoms with Crippen LogP contribution in [0.5, 0.6) is 0 Å². The molecule has 0 N–H and O–H groups in total. The molecule has 1 rings (SSSR count). The van der Waals surface area contributed by atoms with E-state index in [1.54, 1.807) is 19.3 Å². The Morgan fingerprint density at radius 1 is 1.11 bits per heavy atom. The number of ether oxygens (including phenoxy) is 2. The zero-order valence-electron chi connectivity index (χ0n) is 10.8. The molecule has 0 aromatic carbocycles. The quantitative estimate of drug-likeness (QED) is 0.559. The molecular formula is C16H18O2. The van der Waals surface area contributed by atoms with Crippen LogP contribution in [-0.2, 0) is 9.47 Å². The van der Waals surface area contributed by atoms with Crippen molar-refractivity contribution in [1.29, 1.82) is 0 Å². The van der Waals surface area contributed by atoms with Crippen LogP contribution < -0.4 is 0 Å². The molecule has 0 aromatic heterocycles. The number of hydrogen-bond donors (Lipinski definition) is 0. The molecule has 94 valence electrons. The lowest BCUT2D eigenvalue weighted by Gasteiger charge is -2.07. The second-order valence-electron chi connectivity index (χ2n) is 3.70. The van der Waals surface area contributed by atoms with Crippen LogP contribution >= 0.6 is 0 Å². The Morgan fingerprint density at radius 3 is 2.56 bits per heavy atom. The number of hydrogen-bond acceptors (Lipinski definition) is 2. The molecule has 2 nitrogen and oxygen atoms in total. The average molecular weight is 242 g/mol. The van der Waals surface area contributed by atoms with E-state index < -0.39 is 0 Å². The third kappa shape index (κ3) is 6.11. The fourth-order valence-corrected chi connectivity index (χ4v) is 1.48. The Bertz CT molecular complexity index is 435. The summed E-state index contributed by atoms with van der Waals surface area (Å²) in [5.74, 6) is 11.1. The summed E-state index contributed by atoms with van der Waals surface area (Å²) >= 11 is 0. The van der Waals surface area contributed by atoms with Gasteiger partial charge < -0.3 is 9.47 Å². The van der Waals surface area contributed by atoms with E-state index in [-0.39, 0.29) is 12.4 Å². The van der Waals surface area contributed by atoms with E-state index in [9.17, 15) is 0 Å². The molecule has 2 heteroatoms. The maximum absolute atomic E-state index is 5.57. The number of allylic oxidation sites excluding steroid dienone is 5. The minimum atomic E-state index is -0.0506. The van der Waals surface area contributed by atoms with Crippen molar-refractivity contribution in [3.05, 3.63) is 36.5 Å². The lowest BCUT2D eigenvalue weighted by Crippen LogP contribution is -2.10. The molecule has 0 amide bonds. The van der Waals surface area contributed by atoms with Gasteiger partial charge in [0.1, 0.15) is 0 Å². The summed E-state index contributed by atoms with van der Waals surface area (Å²) in [6.45, 7) is 1.92. The number of rotatable bonds is 3. The van der Waals surface area contributed by atoms with E-state index in [1.165, 1.54) is 0 Å². The first-order valence-electron chi connectivity index (χ1n) is 6.00. The molecule has 0 bridgehead atoms. The fourth-order valence-electron chi connectivity index (χ4n) is 1.48. The summed E-state index contributed by atoms with van der Waals surface area (Å²) in [7, 11) is 1.67. The van der Waals surface area contributed by atoms with Crippen LogP contribution in [0.1, 0.15) is 19.8 Å². The lowest BCUT2D eigenvalue weighted by molar-refractivity contribution is -0.104. The molecule has 2 unspecified atom stereocenters. The predicted octanol–water partition coefficient (Wildman–Crippen LogP) is 2.83. The molecule has 0 saturated carbocycles. The van der Waals surface area contributed by atoms with Gasteiger partial charge in [-0.1, -0.05) is 36.1 Å². The van der Waals surface area contributed by atoms with Crippen LogP contribution in [0.2, 0.25) is 0 Å². The Morgan fingerprint density at radius 2 is 1.89 bits per heavy atom. The molecule has 0 aliphatic carbocycles. The Balaban J connectivity index is 2.26. The monoisotopic (exact) mass is 242 g/mol. The zero-order valence-corrected chi connectivity index (χ0v) is 10.8. The Kier molecular flexibility index (Phi) is 7.40. The molecule has 0 aromatic rings. The minimum Gasteiger partial charge on any atom is -0.356 e. The van der Waals surface area contributed by atoms with Crippen molar-refractivity contribution in [1.82, 2.24) is 0 Å². The van der Waals surface area contributed by atoms with Gasteiger partial charge in [0.05, 0.1) is 6.10 Å². The van der Waals surface area contributed by atoms with Gasteiger partial charge in [-0.15, -0.1) is 0 Å². The first-order valence-corrected chi connectivity index (χ1v) is 6.00. The molecule has 0 radical (unpaired) electrons. The van der Waals surface area contributed by atoms with Crippen LogP contribution in [0.25, 0.3) is 0 Å². The lowest BCUT2D eigenvalue weighted by atomic mass is 10.2. The third-order valence-corrected chi connectivity index (χ3v) is 2.35. The van der Waals surface area contributed by atoms with Gasteiger partial charge >= 0.3 is 0 Å². The van der Waals surface area contributed by atoms with Gasteiger partial charge in [0.15, 0.2) is 6.29 Å². The van der Waals surface area contributed by atoms with Crippen LogP contribution in [0.3, 0.4) is 0 Å². The fraction of sp³-hybridized carbons (Fsp3) is 0.375. The highest BCUT2D eigenvalue weighted by Gasteiger charge is 2.22.